The fourth-order valence-corrected chi connectivity index (χ4v) is 2.48. The van der Waals surface area contributed by atoms with E-state index < -0.39 is 12.1 Å². The number of hydrogen-bond donors (Lipinski definition) is 1. The zero-order chi connectivity index (χ0) is 18.8. The lowest BCUT2D eigenvalue weighted by Gasteiger charge is -2.10. The van der Waals surface area contributed by atoms with Crippen LogP contribution in [0.2, 0.25) is 0 Å². The molecule has 134 valence electrons. The Morgan fingerprint density at radius 2 is 2.15 bits per heavy atom. The van der Waals surface area contributed by atoms with E-state index >= 15 is 0 Å². The van der Waals surface area contributed by atoms with E-state index in [1.54, 1.807) is 26.0 Å². The van der Waals surface area contributed by atoms with Crippen molar-refractivity contribution in [2.24, 2.45) is 0 Å². The van der Waals surface area contributed by atoms with Gasteiger partial charge in [0.25, 0.3) is 5.89 Å². The third-order valence-electron chi connectivity index (χ3n) is 3.66. The third-order valence-corrected chi connectivity index (χ3v) is 4.30. The summed E-state index contributed by atoms with van der Waals surface area (Å²) in [6.07, 6.45) is 0.615. The fourth-order valence-electron chi connectivity index (χ4n) is 2.15. The molecule has 0 spiro atoms. The number of aryl methyl sites for hydroxylation is 1. The molecule has 2 heterocycles. The highest BCUT2D eigenvalue weighted by Gasteiger charge is 2.22. The number of rotatable bonds is 4. The van der Waals surface area contributed by atoms with Gasteiger partial charge in [-0.25, -0.2) is 14.2 Å². The number of anilines is 1. The van der Waals surface area contributed by atoms with Crippen LogP contribution in [0, 0.1) is 12.7 Å². The van der Waals surface area contributed by atoms with Gasteiger partial charge in [-0.1, -0.05) is 17.3 Å². The Labute approximate surface area is 156 Å². The first-order valence-corrected chi connectivity index (χ1v) is 8.37. The molecule has 1 atom stereocenters. The molecule has 7 nitrogen and oxygen atoms in total. The average molecular weight is 421 g/mol. The van der Waals surface area contributed by atoms with E-state index in [4.69, 9.17) is 15.0 Å². The van der Waals surface area contributed by atoms with E-state index in [-0.39, 0.29) is 28.8 Å². The van der Waals surface area contributed by atoms with Gasteiger partial charge in [-0.05, 0) is 47.5 Å². The lowest BCUT2D eigenvalue weighted by molar-refractivity contribution is 0.0266. The van der Waals surface area contributed by atoms with Gasteiger partial charge in [0.1, 0.15) is 10.4 Å². The quantitative estimate of drug-likeness (QED) is 0.504. The van der Waals surface area contributed by atoms with Gasteiger partial charge >= 0.3 is 5.97 Å². The molecule has 9 heteroatoms. The number of nitrogens with zero attached hydrogens (tertiary/aromatic N) is 3. The first-order valence-electron chi connectivity index (χ1n) is 7.58. The molecule has 0 radical (unpaired) electrons. The zero-order valence-corrected chi connectivity index (χ0v) is 15.4. The summed E-state index contributed by atoms with van der Waals surface area (Å²) in [5.74, 6) is -0.736. The van der Waals surface area contributed by atoms with Gasteiger partial charge in [0.05, 0.1) is 11.3 Å². The van der Waals surface area contributed by atoms with Crippen molar-refractivity contribution in [3.63, 3.8) is 0 Å². The SMILES string of the molecule is Cc1ccc(-c2noc([C@H](C)OC(=O)c3ccnc(Br)c3N)n2)cc1F. The van der Waals surface area contributed by atoms with E-state index in [1.807, 2.05) is 0 Å². The minimum absolute atomic E-state index is 0.0843. The fraction of sp³-hybridized carbons (Fsp3) is 0.176. The van der Waals surface area contributed by atoms with Gasteiger partial charge in [-0.3, -0.25) is 0 Å². The van der Waals surface area contributed by atoms with Gasteiger partial charge in [-0.15, -0.1) is 0 Å². The van der Waals surface area contributed by atoms with Crippen molar-refractivity contribution in [3.8, 4) is 11.4 Å². The molecule has 0 saturated heterocycles. The summed E-state index contributed by atoms with van der Waals surface area (Å²) in [6.45, 7) is 3.24. The summed E-state index contributed by atoms with van der Waals surface area (Å²) in [4.78, 5) is 20.4. The van der Waals surface area contributed by atoms with Crippen molar-refractivity contribution in [1.29, 1.82) is 0 Å². The number of ether oxygens (including phenoxy) is 1. The Morgan fingerprint density at radius 1 is 1.38 bits per heavy atom. The maximum Gasteiger partial charge on any atom is 0.341 e. The van der Waals surface area contributed by atoms with Crippen LogP contribution in [0.15, 0.2) is 39.6 Å². The predicted molar refractivity (Wildman–Crippen MR) is 94.6 cm³/mol. The van der Waals surface area contributed by atoms with Crippen molar-refractivity contribution in [2.75, 3.05) is 5.73 Å². The number of esters is 1. The Hall–Kier alpha value is -2.81. The smallest absolute Gasteiger partial charge is 0.341 e. The summed E-state index contributed by atoms with van der Waals surface area (Å²) < 4.78 is 24.5. The highest BCUT2D eigenvalue weighted by molar-refractivity contribution is 9.10. The molecule has 0 fully saturated rings. The van der Waals surface area contributed by atoms with Crippen LogP contribution in [-0.4, -0.2) is 21.1 Å². The van der Waals surface area contributed by atoms with Crippen LogP contribution in [-0.2, 0) is 4.74 Å². The Balaban J connectivity index is 1.77. The van der Waals surface area contributed by atoms with Gasteiger partial charge in [0.15, 0.2) is 6.10 Å². The van der Waals surface area contributed by atoms with Crippen LogP contribution < -0.4 is 5.73 Å². The van der Waals surface area contributed by atoms with E-state index in [9.17, 15) is 9.18 Å². The average Bonchev–Trinajstić information content (AvgIpc) is 3.10. The van der Waals surface area contributed by atoms with Gasteiger partial charge in [0.2, 0.25) is 5.82 Å². The Kier molecular flexibility index (Phi) is 4.99. The molecule has 3 rings (SSSR count). The molecule has 3 aromatic rings. The number of benzene rings is 1. The maximum atomic E-state index is 13.7. The van der Waals surface area contributed by atoms with Gasteiger partial charge in [-0.2, -0.15) is 4.98 Å². The Bertz CT molecular complexity index is 976. The highest BCUT2D eigenvalue weighted by atomic mass is 79.9. The number of carbonyl (C=O) groups is 1. The van der Waals surface area contributed by atoms with Crippen molar-refractivity contribution in [1.82, 2.24) is 15.1 Å². The molecular weight excluding hydrogens is 407 g/mol. The first kappa shape index (κ1) is 18.0. The predicted octanol–water partition coefficient (Wildman–Crippen LogP) is 3.84. The molecule has 2 aromatic heterocycles. The molecule has 0 aliphatic rings. The standard InChI is InChI=1S/C17H14BrFN4O3/c1-8-3-4-10(7-12(8)19)15-22-16(26-23-15)9(2)25-17(24)11-5-6-21-14(18)13(11)20/h3-7,9H,20H2,1-2H3/t9-/m0/s1. The molecule has 1 aromatic carbocycles. The number of halogens is 2. The number of nitrogen functional groups attached to an aromatic ring is 1. The molecule has 0 aliphatic carbocycles. The molecule has 2 N–H and O–H groups in total. The molecular formula is C17H14BrFN4O3. The topological polar surface area (TPSA) is 104 Å². The Morgan fingerprint density at radius 3 is 2.88 bits per heavy atom. The monoisotopic (exact) mass is 420 g/mol. The summed E-state index contributed by atoms with van der Waals surface area (Å²) in [5.41, 5.74) is 7.12. The van der Waals surface area contributed by atoms with Crippen LogP contribution in [0.5, 0.6) is 0 Å². The molecule has 0 bridgehead atoms. The van der Waals surface area contributed by atoms with Crippen LogP contribution in [0.4, 0.5) is 10.1 Å². The van der Waals surface area contributed by atoms with Gasteiger partial charge < -0.3 is 15.0 Å². The molecule has 0 unspecified atom stereocenters. The third kappa shape index (κ3) is 3.57. The van der Waals surface area contributed by atoms with Gasteiger partial charge in [0, 0.05) is 11.8 Å². The minimum Gasteiger partial charge on any atom is -0.449 e. The van der Waals surface area contributed by atoms with E-state index in [0.717, 1.165) is 0 Å². The van der Waals surface area contributed by atoms with E-state index in [2.05, 4.69) is 31.1 Å². The second kappa shape index (κ2) is 7.20. The summed E-state index contributed by atoms with van der Waals surface area (Å²) in [7, 11) is 0. The molecule has 0 saturated carbocycles. The maximum absolute atomic E-state index is 13.7. The van der Waals surface area contributed by atoms with Crippen LogP contribution in [0.3, 0.4) is 0 Å². The van der Waals surface area contributed by atoms with Crippen LogP contribution >= 0.6 is 15.9 Å². The zero-order valence-electron chi connectivity index (χ0n) is 13.9. The first-order chi connectivity index (χ1) is 12.4. The molecule has 0 aliphatic heterocycles. The molecule has 26 heavy (non-hydrogen) atoms. The van der Waals surface area contributed by atoms with Crippen molar-refractivity contribution < 1.29 is 18.4 Å². The summed E-state index contributed by atoms with van der Waals surface area (Å²) in [5, 5.41) is 3.80. The second-order valence-electron chi connectivity index (χ2n) is 5.53. The van der Waals surface area contributed by atoms with E-state index in [0.29, 0.717) is 15.7 Å². The van der Waals surface area contributed by atoms with Crippen molar-refractivity contribution in [3.05, 3.63) is 57.9 Å². The van der Waals surface area contributed by atoms with Crippen molar-refractivity contribution in [2.45, 2.75) is 20.0 Å². The van der Waals surface area contributed by atoms with Crippen LogP contribution in [0.25, 0.3) is 11.4 Å². The lowest BCUT2D eigenvalue weighted by atomic mass is 10.1. The van der Waals surface area contributed by atoms with Crippen molar-refractivity contribution >= 4 is 27.6 Å². The normalized spacial score (nSPS) is 12.0. The van der Waals surface area contributed by atoms with E-state index in [1.165, 1.54) is 18.3 Å². The number of hydrogen-bond acceptors (Lipinski definition) is 7. The summed E-state index contributed by atoms with van der Waals surface area (Å²) in [6, 6.07) is 6.06. The minimum atomic E-state index is -0.814. The lowest BCUT2D eigenvalue weighted by Crippen LogP contribution is -2.12. The number of carbonyl (C=O) groups excluding carboxylic acids is 1. The highest BCUT2D eigenvalue weighted by Crippen LogP contribution is 2.25. The second-order valence-corrected chi connectivity index (χ2v) is 6.28. The number of aromatic nitrogens is 3. The molecule has 0 amide bonds. The number of pyridine rings is 1. The summed E-state index contributed by atoms with van der Waals surface area (Å²) >= 11 is 3.15. The number of nitrogens with two attached hydrogens (primary N) is 1. The largest absolute Gasteiger partial charge is 0.449 e. The van der Waals surface area contributed by atoms with Crippen LogP contribution in [0.1, 0.15) is 34.8 Å².